The molecule has 2 heteroatoms. The molecular formula is C14H29NO. The van der Waals surface area contributed by atoms with E-state index >= 15 is 0 Å². The van der Waals surface area contributed by atoms with Crippen molar-refractivity contribution in [2.24, 2.45) is 0 Å². The summed E-state index contributed by atoms with van der Waals surface area (Å²) in [5.74, 6) is 0. The molecule has 1 saturated heterocycles. The molecule has 1 aliphatic rings. The molecule has 0 radical (unpaired) electrons. The van der Waals surface area contributed by atoms with Crippen LogP contribution < -0.4 is 5.32 Å². The summed E-state index contributed by atoms with van der Waals surface area (Å²) in [6, 6.07) is 1.31. The molecule has 0 bridgehead atoms. The maximum atomic E-state index is 5.74. The normalized spacial score (nSPS) is 26.6. The number of nitrogens with one attached hydrogen (secondary N) is 1. The van der Waals surface area contributed by atoms with E-state index in [9.17, 15) is 0 Å². The van der Waals surface area contributed by atoms with E-state index in [0.29, 0.717) is 12.1 Å². The van der Waals surface area contributed by atoms with Crippen LogP contribution in [0.25, 0.3) is 0 Å². The lowest BCUT2D eigenvalue weighted by Crippen LogP contribution is -2.46. The van der Waals surface area contributed by atoms with E-state index < -0.39 is 0 Å². The first-order valence-electron chi connectivity index (χ1n) is 6.93. The molecule has 1 heterocycles. The summed E-state index contributed by atoms with van der Waals surface area (Å²) in [6.45, 7) is 9.88. The minimum Gasteiger partial charge on any atom is -0.375 e. The van der Waals surface area contributed by atoms with Crippen LogP contribution in [0.4, 0.5) is 0 Å². The van der Waals surface area contributed by atoms with E-state index in [4.69, 9.17) is 4.74 Å². The Morgan fingerprint density at radius 1 is 1.38 bits per heavy atom. The van der Waals surface area contributed by atoms with Gasteiger partial charge in [-0.3, -0.25) is 0 Å². The third kappa shape index (κ3) is 5.31. The summed E-state index contributed by atoms with van der Waals surface area (Å²) in [6.07, 6.45) is 7.66. The molecule has 1 rings (SSSR count). The molecule has 1 N–H and O–H groups in total. The highest BCUT2D eigenvalue weighted by Crippen LogP contribution is 2.24. The Morgan fingerprint density at radius 3 is 2.75 bits per heavy atom. The molecule has 0 aromatic heterocycles. The van der Waals surface area contributed by atoms with Crippen LogP contribution in [-0.4, -0.2) is 24.3 Å². The summed E-state index contributed by atoms with van der Waals surface area (Å²) < 4.78 is 5.74. The van der Waals surface area contributed by atoms with Gasteiger partial charge in [0.05, 0.1) is 5.60 Å². The molecule has 0 aromatic carbocycles. The maximum Gasteiger partial charge on any atom is 0.0641 e. The SMILES string of the molecule is CCCCCC(C)NC1CCOC(C)(C)C1. The molecule has 2 nitrogen and oxygen atoms in total. The molecule has 16 heavy (non-hydrogen) atoms. The van der Waals surface area contributed by atoms with Gasteiger partial charge in [-0.1, -0.05) is 26.2 Å². The van der Waals surface area contributed by atoms with E-state index in [2.05, 4.69) is 33.0 Å². The summed E-state index contributed by atoms with van der Waals surface area (Å²) >= 11 is 0. The summed E-state index contributed by atoms with van der Waals surface area (Å²) in [5.41, 5.74) is 0.0685. The average molecular weight is 227 g/mol. The van der Waals surface area contributed by atoms with Gasteiger partial charge in [-0.25, -0.2) is 0 Å². The fraction of sp³-hybridized carbons (Fsp3) is 1.00. The van der Waals surface area contributed by atoms with E-state index in [0.717, 1.165) is 13.0 Å². The van der Waals surface area contributed by atoms with Crippen LogP contribution in [0.3, 0.4) is 0 Å². The average Bonchev–Trinajstić information content (AvgIpc) is 2.16. The highest BCUT2D eigenvalue weighted by atomic mass is 16.5. The minimum absolute atomic E-state index is 0.0685. The first kappa shape index (κ1) is 14.0. The van der Waals surface area contributed by atoms with Crippen LogP contribution >= 0.6 is 0 Å². The van der Waals surface area contributed by atoms with Gasteiger partial charge in [-0.15, -0.1) is 0 Å². The molecule has 0 amide bonds. The molecule has 2 unspecified atom stereocenters. The van der Waals surface area contributed by atoms with E-state index in [1.165, 1.54) is 32.1 Å². The lowest BCUT2D eigenvalue weighted by molar-refractivity contribution is -0.0640. The number of unbranched alkanes of at least 4 members (excludes halogenated alkanes) is 2. The molecule has 1 aliphatic heterocycles. The quantitative estimate of drug-likeness (QED) is 0.701. The zero-order valence-electron chi connectivity index (χ0n) is 11.5. The Labute approximate surface area is 101 Å². The van der Waals surface area contributed by atoms with Gasteiger partial charge in [0.15, 0.2) is 0 Å². The van der Waals surface area contributed by atoms with Gasteiger partial charge in [-0.05, 0) is 40.0 Å². The van der Waals surface area contributed by atoms with Crippen molar-refractivity contribution in [3.63, 3.8) is 0 Å². The lowest BCUT2D eigenvalue weighted by Gasteiger charge is -2.37. The van der Waals surface area contributed by atoms with Crippen molar-refractivity contribution < 1.29 is 4.74 Å². The van der Waals surface area contributed by atoms with Crippen molar-refractivity contribution in [1.82, 2.24) is 5.32 Å². The predicted octanol–water partition coefficient (Wildman–Crippen LogP) is 3.50. The summed E-state index contributed by atoms with van der Waals surface area (Å²) in [4.78, 5) is 0. The molecular weight excluding hydrogens is 198 g/mol. The molecule has 2 atom stereocenters. The third-order valence-corrected chi connectivity index (χ3v) is 3.46. The van der Waals surface area contributed by atoms with Gasteiger partial charge >= 0.3 is 0 Å². The van der Waals surface area contributed by atoms with Crippen molar-refractivity contribution >= 4 is 0 Å². The van der Waals surface area contributed by atoms with Crippen LogP contribution in [0.15, 0.2) is 0 Å². The zero-order valence-corrected chi connectivity index (χ0v) is 11.5. The molecule has 96 valence electrons. The topological polar surface area (TPSA) is 21.3 Å². The molecule has 0 saturated carbocycles. The predicted molar refractivity (Wildman–Crippen MR) is 69.8 cm³/mol. The molecule has 0 aliphatic carbocycles. The highest BCUT2D eigenvalue weighted by molar-refractivity contribution is 4.84. The molecule has 0 aromatic rings. The Morgan fingerprint density at radius 2 is 2.12 bits per heavy atom. The van der Waals surface area contributed by atoms with Gasteiger partial charge in [0.2, 0.25) is 0 Å². The summed E-state index contributed by atoms with van der Waals surface area (Å²) in [7, 11) is 0. The number of ether oxygens (including phenoxy) is 1. The zero-order chi connectivity index (χ0) is 12.0. The van der Waals surface area contributed by atoms with Crippen LogP contribution in [0.2, 0.25) is 0 Å². The van der Waals surface area contributed by atoms with Crippen LogP contribution in [0.1, 0.15) is 66.2 Å². The Balaban J connectivity index is 2.20. The van der Waals surface area contributed by atoms with Crippen molar-refractivity contribution in [3.05, 3.63) is 0 Å². The number of hydrogen-bond acceptors (Lipinski definition) is 2. The van der Waals surface area contributed by atoms with E-state index in [-0.39, 0.29) is 5.60 Å². The van der Waals surface area contributed by atoms with Gasteiger partial charge in [0.25, 0.3) is 0 Å². The first-order chi connectivity index (χ1) is 7.53. The van der Waals surface area contributed by atoms with Crippen molar-refractivity contribution in [1.29, 1.82) is 0 Å². The van der Waals surface area contributed by atoms with Gasteiger partial charge in [-0.2, -0.15) is 0 Å². The van der Waals surface area contributed by atoms with Crippen LogP contribution in [0, 0.1) is 0 Å². The van der Waals surface area contributed by atoms with Gasteiger partial charge in [0.1, 0.15) is 0 Å². The molecule has 0 spiro atoms. The standard InChI is InChI=1S/C14H29NO/c1-5-6-7-8-12(2)15-13-9-10-16-14(3,4)11-13/h12-13,15H,5-11H2,1-4H3. The van der Waals surface area contributed by atoms with Crippen LogP contribution in [-0.2, 0) is 4.74 Å². The van der Waals surface area contributed by atoms with Gasteiger partial charge < -0.3 is 10.1 Å². The smallest absolute Gasteiger partial charge is 0.0641 e. The summed E-state index contributed by atoms with van der Waals surface area (Å²) in [5, 5.41) is 3.75. The third-order valence-electron chi connectivity index (χ3n) is 3.46. The van der Waals surface area contributed by atoms with Gasteiger partial charge in [0, 0.05) is 18.7 Å². The van der Waals surface area contributed by atoms with Crippen molar-refractivity contribution in [3.8, 4) is 0 Å². The molecule has 1 fully saturated rings. The van der Waals surface area contributed by atoms with Crippen molar-refractivity contribution in [2.75, 3.05) is 6.61 Å². The number of hydrogen-bond donors (Lipinski definition) is 1. The van der Waals surface area contributed by atoms with Crippen LogP contribution in [0.5, 0.6) is 0 Å². The Bertz CT molecular complexity index is 191. The Hall–Kier alpha value is -0.0800. The minimum atomic E-state index is 0.0685. The largest absolute Gasteiger partial charge is 0.375 e. The lowest BCUT2D eigenvalue weighted by atomic mass is 9.93. The van der Waals surface area contributed by atoms with E-state index in [1.54, 1.807) is 0 Å². The highest BCUT2D eigenvalue weighted by Gasteiger charge is 2.29. The van der Waals surface area contributed by atoms with E-state index in [1.807, 2.05) is 0 Å². The number of rotatable bonds is 6. The van der Waals surface area contributed by atoms with Crippen molar-refractivity contribution in [2.45, 2.75) is 83.9 Å². The second-order valence-corrected chi connectivity index (χ2v) is 5.86. The Kier molecular flexibility index (Phi) is 5.77. The fourth-order valence-electron chi connectivity index (χ4n) is 2.56. The first-order valence-corrected chi connectivity index (χ1v) is 6.93. The monoisotopic (exact) mass is 227 g/mol. The second kappa shape index (κ2) is 6.61. The second-order valence-electron chi connectivity index (χ2n) is 5.86. The maximum absolute atomic E-state index is 5.74. The fourth-order valence-corrected chi connectivity index (χ4v) is 2.56.